The van der Waals surface area contributed by atoms with E-state index < -0.39 is 6.04 Å². The SMILES string of the molecule is CCOC(C)N(C)OC(=N)[C@H](C)N. The summed E-state index contributed by atoms with van der Waals surface area (Å²) < 4.78 is 5.25. The van der Waals surface area contributed by atoms with Gasteiger partial charge in [-0.3, -0.25) is 5.41 Å². The maximum absolute atomic E-state index is 7.35. The van der Waals surface area contributed by atoms with E-state index in [1.54, 1.807) is 14.0 Å². The van der Waals surface area contributed by atoms with Crippen LogP contribution in [0.1, 0.15) is 20.8 Å². The van der Waals surface area contributed by atoms with Gasteiger partial charge in [0, 0.05) is 13.7 Å². The molecule has 0 aromatic rings. The number of nitrogens with two attached hydrogens (primary N) is 1. The lowest BCUT2D eigenvalue weighted by Gasteiger charge is -2.24. The Kier molecular flexibility index (Phi) is 5.61. The largest absolute Gasteiger partial charge is 0.387 e. The van der Waals surface area contributed by atoms with Crippen LogP contribution in [0.5, 0.6) is 0 Å². The molecule has 0 spiro atoms. The van der Waals surface area contributed by atoms with Gasteiger partial charge in [-0.05, 0) is 20.8 Å². The van der Waals surface area contributed by atoms with Gasteiger partial charge in [0.25, 0.3) is 0 Å². The molecule has 0 radical (unpaired) electrons. The molecule has 78 valence electrons. The topological polar surface area (TPSA) is 71.6 Å². The molecule has 1 unspecified atom stereocenters. The van der Waals surface area contributed by atoms with Crippen LogP contribution in [-0.4, -0.2) is 36.9 Å². The fraction of sp³-hybridized carbons (Fsp3) is 0.875. The summed E-state index contributed by atoms with van der Waals surface area (Å²) in [5.74, 6) is 0.0362. The van der Waals surface area contributed by atoms with Gasteiger partial charge < -0.3 is 15.3 Å². The molecule has 0 heterocycles. The molecule has 2 atom stereocenters. The lowest BCUT2D eigenvalue weighted by atomic mass is 10.4. The number of hydrogen-bond acceptors (Lipinski definition) is 5. The maximum atomic E-state index is 7.35. The third-order valence-corrected chi connectivity index (χ3v) is 1.58. The van der Waals surface area contributed by atoms with Crippen LogP contribution in [0.3, 0.4) is 0 Å². The number of rotatable bonds is 5. The Hall–Kier alpha value is -0.650. The van der Waals surface area contributed by atoms with E-state index in [1.807, 2.05) is 13.8 Å². The van der Waals surface area contributed by atoms with Crippen molar-refractivity contribution in [2.45, 2.75) is 33.0 Å². The summed E-state index contributed by atoms with van der Waals surface area (Å²) in [6.45, 7) is 6.06. The molecule has 0 bridgehead atoms. The van der Waals surface area contributed by atoms with Gasteiger partial charge in [0.15, 0.2) is 0 Å². The highest BCUT2D eigenvalue weighted by Gasteiger charge is 2.13. The summed E-state index contributed by atoms with van der Waals surface area (Å²) in [4.78, 5) is 5.09. The first-order valence-corrected chi connectivity index (χ1v) is 4.35. The Labute approximate surface area is 79.3 Å². The fourth-order valence-electron chi connectivity index (χ4n) is 0.659. The van der Waals surface area contributed by atoms with Gasteiger partial charge in [-0.1, -0.05) is 0 Å². The third-order valence-electron chi connectivity index (χ3n) is 1.58. The first-order valence-electron chi connectivity index (χ1n) is 4.35. The summed E-state index contributed by atoms with van der Waals surface area (Å²) in [7, 11) is 1.71. The van der Waals surface area contributed by atoms with E-state index in [2.05, 4.69) is 0 Å². The molecule has 5 heteroatoms. The number of nitrogens with zero attached hydrogens (tertiary/aromatic N) is 1. The summed E-state index contributed by atoms with van der Waals surface area (Å²) in [6.07, 6.45) is -0.177. The van der Waals surface area contributed by atoms with Gasteiger partial charge in [0.1, 0.15) is 6.23 Å². The minimum Gasteiger partial charge on any atom is -0.387 e. The Balaban J connectivity index is 3.85. The van der Waals surface area contributed by atoms with Gasteiger partial charge >= 0.3 is 0 Å². The molecule has 0 aliphatic heterocycles. The normalized spacial score (nSPS) is 15.5. The molecule has 5 nitrogen and oxygen atoms in total. The van der Waals surface area contributed by atoms with Crippen LogP contribution >= 0.6 is 0 Å². The number of hydrogen-bond donors (Lipinski definition) is 2. The van der Waals surface area contributed by atoms with E-state index in [0.717, 1.165) is 0 Å². The minimum atomic E-state index is -0.392. The van der Waals surface area contributed by atoms with Gasteiger partial charge in [0.05, 0.1) is 6.04 Å². The van der Waals surface area contributed by atoms with E-state index in [4.69, 9.17) is 20.7 Å². The second-order valence-corrected chi connectivity index (χ2v) is 2.85. The molecule has 0 saturated heterocycles. The Morgan fingerprint density at radius 1 is 1.54 bits per heavy atom. The van der Waals surface area contributed by atoms with Crippen molar-refractivity contribution in [2.24, 2.45) is 5.73 Å². The molecule has 0 aromatic carbocycles. The molecular weight excluding hydrogens is 170 g/mol. The van der Waals surface area contributed by atoms with E-state index in [9.17, 15) is 0 Å². The van der Waals surface area contributed by atoms with Crippen LogP contribution in [-0.2, 0) is 9.57 Å². The molecule has 0 fully saturated rings. The molecule has 13 heavy (non-hydrogen) atoms. The molecule has 0 saturated carbocycles. The van der Waals surface area contributed by atoms with Crippen molar-refractivity contribution in [1.82, 2.24) is 5.06 Å². The summed E-state index contributed by atoms with van der Waals surface area (Å²) >= 11 is 0. The van der Waals surface area contributed by atoms with Crippen LogP contribution in [0.25, 0.3) is 0 Å². The van der Waals surface area contributed by atoms with Crippen molar-refractivity contribution in [2.75, 3.05) is 13.7 Å². The zero-order valence-electron chi connectivity index (χ0n) is 8.70. The van der Waals surface area contributed by atoms with Gasteiger partial charge in [0.2, 0.25) is 5.90 Å². The van der Waals surface area contributed by atoms with E-state index in [0.29, 0.717) is 6.61 Å². The predicted molar refractivity (Wildman–Crippen MR) is 51.3 cm³/mol. The number of ether oxygens (including phenoxy) is 1. The van der Waals surface area contributed by atoms with Crippen LogP contribution < -0.4 is 5.73 Å². The van der Waals surface area contributed by atoms with Crippen LogP contribution in [0.2, 0.25) is 0 Å². The smallest absolute Gasteiger partial charge is 0.223 e. The third kappa shape index (κ3) is 4.82. The first-order chi connectivity index (χ1) is 5.99. The zero-order chi connectivity index (χ0) is 10.4. The number of hydroxylamine groups is 2. The van der Waals surface area contributed by atoms with Crippen LogP contribution in [0.15, 0.2) is 0 Å². The second kappa shape index (κ2) is 5.90. The maximum Gasteiger partial charge on any atom is 0.223 e. The molecular formula is C8H19N3O2. The standard InChI is InChI=1S/C8H19N3O2/c1-5-12-7(3)11(4)13-8(10)6(2)9/h6-7,10H,5,9H2,1-4H3/t6-,7?/m0/s1. The molecule has 0 aromatic heterocycles. The molecule has 0 rings (SSSR count). The van der Waals surface area contributed by atoms with Crippen molar-refractivity contribution >= 4 is 5.90 Å². The van der Waals surface area contributed by atoms with E-state index >= 15 is 0 Å². The van der Waals surface area contributed by atoms with Crippen molar-refractivity contribution in [1.29, 1.82) is 5.41 Å². The highest BCUT2D eigenvalue weighted by atomic mass is 16.7. The summed E-state index contributed by atoms with van der Waals surface area (Å²) in [6, 6.07) is -0.392. The monoisotopic (exact) mass is 189 g/mol. The quantitative estimate of drug-likeness (QED) is 0.287. The lowest BCUT2D eigenvalue weighted by molar-refractivity contribution is -0.179. The Bertz CT molecular complexity index is 161. The Morgan fingerprint density at radius 2 is 2.08 bits per heavy atom. The highest BCUT2D eigenvalue weighted by Crippen LogP contribution is 1.99. The molecule has 3 N–H and O–H groups in total. The van der Waals surface area contributed by atoms with Gasteiger partial charge in [-0.2, -0.15) is 0 Å². The van der Waals surface area contributed by atoms with Gasteiger partial charge in [-0.25, -0.2) is 0 Å². The van der Waals surface area contributed by atoms with Crippen molar-refractivity contribution in [3.05, 3.63) is 0 Å². The number of nitrogens with one attached hydrogen (secondary N) is 1. The molecule has 0 amide bonds. The van der Waals surface area contributed by atoms with E-state index in [1.165, 1.54) is 5.06 Å². The fourth-order valence-corrected chi connectivity index (χ4v) is 0.659. The second-order valence-electron chi connectivity index (χ2n) is 2.85. The Morgan fingerprint density at radius 3 is 2.46 bits per heavy atom. The van der Waals surface area contributed by atoms with E-state index in [-0.39, 0.29) is 12.1 Å². The lowest BCUT2D eigenvalue weighted by Crippen LogP contribution is -2.38. The summed E-state index contributed by atoms with van der Waals surface area (Å²) in [5.41, 5.74) is 5.44. The minimum absolute atomic E-state index is 0.0362. The summed E-state index contributed by atoms with van der Waals surface area (Å²) in [5, 5.41) is 8.82. The zero-order valence-corrected chi connectivity index (χ0v) is 8.70. The first kappa shape index (κ1) is 12.3. The van der Waals surface area contributed by atoms with Crippen LogP contribution in [0, 0.1) is 5.41 Å². The van der Waals surface area contributed by atoms with Crippen LogP contribution in [0.4, 0.5) is 0 Å². The average Bonchev–Trinajstić information content (AvgIpc) is 2.04. The molecule has 0 aliphatic carbocycles. The predicted octanol–water partition coefficient (Wildman–Crippen LogP) is 0.557. The van der Waals surface area contributed by atoms with Crippen molar-refractivity contribution in [3.63, 3.8) is 0 Å². The van der Waals surface area contributed by atoms with Crippen molar-refractivity contribution < 1.29 is 9.57 Å². The average molecular weight is 189 g/mol. The van der Waals surface area contributed by atoms with Crippen molar-refractivity contribution in [3.8, 4) is 0 Å². The van der Waals surface area contributed by atoms with Gasteiger partial charge in [-0.15, -0.1) is 5.06 Å². The molecule has 0 aliphatic rings. The highest BCUT2D eigenvalue weighted by molar-refractivity contribution is 5.77.